The molecule has 3 rings (SSSR count). The van der Waals surface area contributed by atoms with E-state index in [1.54, 1.807) is 30.3 Å². The molecule has 30 heavy (non-hydrogen) atoms. The van der Waals surface area contributed by atoms with Gasteiger partial charge in [-0.3, -0.25) is 19.7 Å². The Hall–Kier alpha value is -3.85. The molecule has 0 aliphatic heterocycles. The van der Waals surface area contributed by atoms with Crippen molar-refractivity contribution < 1.29 is 23.7 Å². The summed E-state index contributed by atoms with van der Waals surface area (Å²) in [5, 5.41) is 16.4. The first-order valence-corrected chi connectivity index (χ1v) is 9.04. The average Bonchev–Trinajstić information content (AvgIpc) is 3.17. The largest absolute Gasteiger partial charge is 0.484 e. The summed E-state index contributed by atoms with van der Waals surface area (Å²) in [6.45, 7) is 1.33. The Morgan fingerprint density at radius 3 is 2.37 bits per heavy atom. The first-order valence-electron chi connectivity index (χ1n) is 8.66. The fourth-order valence-corrected chi connectivity index (χ4v) is 2.65. The van der Waals surface area contributed by atoms with Gasteiger partial charge < -0.3 is 19.8 Å². The second kappa shape index (κ2) is 9.10. The maximum Gasteiger partial charge on any atom is 0.291 e. The van der Waals surface area contributed by atoms with E-state index in [2.05, 4.69) is 10.6 Å². The summed E-state index contributed by atoms with van der Waals surface area (Å²) in [6.07, 6.45) is 0. The SMILES string of the molecule is CC(=O)Nc1ccc(NC(=O)c2ccc(COc3cc([N+](=O)[O-])ccc3Cl)o2)cc1. The molecule has 0 atom stereocenters. The fraction of sp³-hybridized carbons (Fsp3) is 0.100. The number of furan rings is 1. The van der Waals surface area contributed by atoms with Crippen LogP contribution in [-0.2, 0) is 11.4 Å². The topological polar surface area (TPSA) is 124 Å². The van der Waals surface area contributed by atoms with Crippen molar-refractivity contribution in [3.8, 4) is 5.75 Å². The quantitative estimate of drug-likeness (QED) is 0.416. The highest BCUT2D eigenvalue weighted by atomic mass is 35.5. The van der Waals surface area contributed by atoms with Crippen molar-refractivity contribution in [1.29, 1.82) is 0 Å². The summed E-state index contributed by atoms with van der Waals surface area (Å²) in [5.74, 6) is -0.133. The van der Waals surface area contributed by atoms with Gasteiger partial charge in [0.05, 0.1) is 16.0 Å². The molecule has 10 heteroatoms. The van der Waals surface area contributed by atoms with Crippen LogP contribution in [0.2, 0.25) is 5.02 Å². The summed E-state index contributed by atoms with van der Waals surface area (Å²) in [7, 11) is 0. The zero-order chi connectivity index (χ0) is 21.7. The third-order valence-corrected chi connectivity index (χ3v) is 4.16. The summed E-state index contributed by atoms with van der Waals surface area (Å²) in [5.41, 5.74) is 0.975. The lowest BCUT2D eigenvalue weighted by atomic mass is 10.2. The Bertz CT molecular complexity index is 1090. The molecule has 9 nitrogen and oxygen atoms in total. The monoisotopic (exact) mass is 429 g/mol. The number of nitrogens with zero attached hydrogens (tertiary/aromatic N) is 1. The Balaban J connectivity index is 1.60. The summed E-state index contributed by atoms with van der Waals surface area (Å²) in [4.78, 5) is 33.7. The number of benzene rings is 2. The highest BCUT2D eigenvalue weighted by molar-refractivity contribution is 6.32. The summed E-state index contributed by atoms with van der Waals surface area (Å²) in [6, 6.07) is 13.5. The second-order valence-electron chi connectivity index (χ2n) is 6.14. The fourth-order valence-electron chi connectivity index (χ4n) is 2.48. The van der Waals surface area contributed by atoms with Crippen LogP contribution >= 0.6 is 11.6 Å². The lowest BCUT2D eigenvalue weighted by Gasteiger charge is -2.07. The minimum atomic E-state index is -0.554. The summed E-state index contributed by atoms with van der Waals surface area (Å²) < 4.78 is 10.9. The number of nitrogens with one attached hydrogen (secondary N) is 2. The average molecular weight is 430 g/mol. The van der Waals surface area contributed by atoms with Gasteiger partial charge in [0, 0.05) is 24.4 Å². The van der Waals surface area contributed by atoms with Crippen LogP contribution in [0.3, 0.4) is 0 Å². The standard InChI is InChI=1S/C20H16ClN3O6/c1-12(25)22-13-2-4-14(5-3-13)23-20(26)18-9-7-16(30-18)11-29-19-10-15(24(27)28)6-8-17(19)21/h2-10H,11H2,1H3,(H,22,25)(H,23,26). The number of non-ortho nitro benzene ring substituents is 1. The highest BCUT2D eigenvalue weighted by Crippen LogP contribution is 2.29. The van der Waals surface area contributed by atoms with Gasteiger partial charge in [0.15, 0.2) is 5.76 Å². The molecule has 1 heterocycles. The van der Waals surface area contributed by atoms with Gasteiger partial charge >= 0.3 is 0 Å². The van der Waals surface area contributed by atoms with Gasteiger partial charge in [0.2, 0.25) is 5.91 Å². The van der Waals surface area contributed by atoms with Gasteiger partial charge in [-0.25, -0.2) is 0 Å². The predicted molar refractivity (Wildman–Crippen MR) is 110 cm³/mol. The van der Waals surface area contributed by atoms with Crippen LogP contribution in [-0.4, -0.2) is 16.7 Å². The van der Waals surface area contributed by atoms with Crippen LogP contribution in [0.5, 0.6) is 5.75 Å². The van der Waals surface area contributed by atoms with E-state index in [-0.39, 0.29) is 34.7 Å². The maximum absolute atomic E-state index is 12.3. The smallest absolute Gasteiger partial charge is 0.291 e. The number of halogens is 1. The molecule has 0 fully saturated rings. The van der Waals surface area contributed by atoms with Crippen LogP contribution in [0.1, 0.15) is 23.2 Å². The van der Waals surface area contributed by atoms with E-state index < -0.39 is 10.8 Å². The molecule has 3 aromatic rings. The van der Waals surface area contributed by atoms with Crippen LogP contribution in [0, 0.1) is 10.1 Å². The lowest BCUT2D eigenvalue weighted by molar-refractivity contribution is -0.384. The first-order chi connectivity index (χ1) is 14.3. The van der Waals surface area contributed by atoms with E-state index in [1.165, 1.54) is 31.2 Å². The molecular formula is C20H16ClN3O6. The molecule has 2 aromatic carbocycles. The molecule has 0 saturated heterocycles. The minimum absolute atomic E-state index is 0.0599. The van der Waals surface area contributed by atoms with E-state index in [1.807, 2.05) is 0 Å². The van der Waals surface area contributed by atoms with Crippen molar-refractivity contribution in [3.05, 3.63) is 81.3 Å². The van der Waals surface area contributed by atoms with Crippen molar-refractivity contribution in [2.24, 2.45) is 0 Å². The third kappa shape index (κ3) is 5.36. The van der Waals surface area contributed by atoms with Crippen molar-refractivity contribution in [1.82, 2.24) is 0 Å². The molecule has 0 aliphatic carbocycles. The normalized spacial score (nSPS) is 10.3. The molecule has 0 spiro atoms. The number of amides is 2. The minimum Gasteiger partial charge on any atom is -0.484 e. The van der Waals surface area contributed by atoms with Crippen molar-refractivity contribution >= 4 is 40.5 Å². The van der Waals surface area contributed by atoms with Crippen LogP contribution in [0.15, 0.2) is 59.0 Å². The number of carbonyl (C=O) groups excluding carboxylic acids is 2. The summed E-state index contributed by atoms with van der Waals surface area (Å²) >= 11 is 5.99. The molecule has 1 aromatic heterocycles. The number of hydrogen-bond donors (Lipinski definition) is 2. The number of rotatable bonds is 7. The third-order valence-electron chi connectivity index (χ3n) is 3.84. The molecule has 0 saturated carbocycles. The molecule has 0 radical (unpaired) electrons. The van der Waals surface area contributed by atoms with Crippen LogP contribution < -0.4 is 15.4 Å². The molecule has 0 unspecified atom stereocenters. The zero-order valence-corrected chi connectivity index (χ0v) is 16.4. The van der Waals surface area contributed by atoms with Crippen LogP contribution in [0.4, 0.5) is 17.1 Å². The van der Waals surface area contributed by atoms with Crippen molar-refractivity contribution in [2.75, 3.05) is 10.6 Å². The Kier molecular flexibility index (Phi) is 6.33. The molecule has 2 N–H and O–H groups in total. The molecule has 0 aliphatic rings. The van der Waals surface area contributed by atoms with Crippen molar-refractivity contribution in [2.45, 2.75) is 13.5 Å². The molecule has 2 amide bonds. The maximum atomic E-state index is 12.3. The van der Waals surface area contributed by atoms with Gasteiger partial charge in [-0.2, -0.15) is 0 Å². The van der Waals surface area contributed by atoms with Gasteiger partial charge in [0.25, 0.3) is 11.6 Å². The molecule has 0 bridgehead atoms. The zero-order valence-electron chi connectivity index (χ0n) is 15.7. The highest BCUT2D eigenvalue weighted by Gasteiger charge is 2.14. The Morgan fingerprint density at radius 2 is 1.73 bits per heavy atom. The molecule has 154 valence electrons. The number of carbonyl (C=O) groups is 2. The van der Waals surface area contributed by atoms with Gasteiger partial charge in [-0.1, -0.05) is 11.6 Å². The van der Waals surface area contributed by atoms with E-state index in [0.29, 0.717) is 17.1 Å². The predicted octanol–water partition coefficient (Wildman–Crippen LogP) is 4.63. The lowest BCUT2D eigenvalue weighted by Crippen LogP contribution is -2.11. The molecular weight excluding hydrogens is 414 g/mol. The van der Waals surface area contributed by atoms with Crippen molar-refractivity contribution in [3.63, 3.8) is 0 Å². The number of anilines is 2. The number of nitro benzene ring substituents is 1. The Labute approximate surface area is 175 Å². The van der Waals surface area contributed by atoms with E-state index >= 15 is 0 Å². The van der Waals surface area contributed by atoms with E-state index in [0.717, 1.165) is 0 Å². The van der Waals surface area contributed by atoms with E-state index in [4.69, 9.17) is 20.8 Å². The number of hydrogen-bond acceptors (Lipinski definition) is 6. The number of ether oxygens (including phenoxy) is 1. The second-order valence-corrected chi connectivity index (χ2v) is 6.55. The van der Waals surface area contributed by atoms with Gasteiger partial charge in [0.1, 0.15) is 18.1 Å². The van der Waals surface area contributed by atoms with Gasteiger partial charge in [-0.15, -0.1) is 0 Å². The Morgan fingerprint density at radius 1 is 1.07 bits per heavy atom. The number of nitro groups is 1. The first kappa shape index (κ1) is 20.9. The van der Waals surface area contributed by atoms with Gasteiger partial charge in [-0.05, 0) is 42.5 Å². The van der Waals surface area contributed by atoms with E-state index in [9.17, 15) is 19.7 Å². The van der Waals surface area contributed by atoms with Crippen LogP contribution in [0.25, 0.3) is 0 Å².